The second kappa shape index (κ2) is 8.29. The predicted molar refractivity (Wildman–Crippen MR) is 103 cm³/mol. The summed E-state index contributed by atoms with van der Waals surface area (Å²) in [7, 11) is 0. The average molecular weight is 416 g/mol. The third-order valence-electron chi connectivity index (χ3n) is 3.92. The first-order chi connectivity index (χ1) is 10.6. The molecule has 23 heavy (non-hydrogen) atoms. The predicted octanol–water partition coefficient (Wildman–Crippen LogP) is 4.47. The van der Waals surface area contributed by atoms with E-state index in [1.807, 2.05) is 24.3 Å². The number of thiophene rings is 1. The van der Waals surface area contributed by atoms with E-state index < -0.39 is 0 Å². The first kappa shape index (κ1) is 18.5. The summed E-state index contributed by atoms with van der Waals surface area (Å²) in [4.78, 5) is 14.3. The van der Waals surface area contributed by atoms with Gasteiger partial charge in [-0.05, 0) is 56.1 Å². The fourth-order valence-electron chi connectivity index (χ4n) is 2.75. The highest BCUT2D eigenvalue weighted by atomic mass is 79.9. The molecule has 1 fully saturated rings. The molecule has 1 aromatic heterocycles. The molecule has 2 aromatic rings. The summed E-state index contributed by atoms with van der Waals surface area (Å²) in [6.45, 7) is 3.13. The number of piperidine rings is 1. The number of amides is 1. The van der Waals surface area contributed by atoms with E-state index in [0.717, 1.165) is 39.2 Å². The Balaban J connectivity index is 0.00000192. The van der Waals surface area contributed by atoms with Crippen molar-refractivity contribution in [2.45, 2.75) is 31.8 Å². The zero-order valence-corrected chi connectivity index (χ0v) is 16.1. The number of nitrogens with one attached hydrogen (secondary N) is 2. The zero-order chi connectivity index (χ0) is 15.5. The lowest BCUT2D eigenvalue weighted by atomic mass is 10.0. The maximum Gasteiger partial charge on any atom is 0.261 e. The number of benzene rings is 1. The van der Waals surface area contributed by atoms with Gasteiger partial charge in [-0.15, -0.1) is 23.7 Å². The van der Waals surface area contributed by atoms with Gasteiger partial charge in [0.2, 0.25) is 0 Å². The van der Waals surface area contributed by atoms with Crippen LogP contribution >= 0.6 is 39.7 Å². The van der Waals surface area contributed by atoms with Crippen LogP contribution < -0.4 is 10.6 Å². The topological polar surface area (TPSA) is 41.1 Å². The molecule has 0 saturated carbocycles. The largest absolute Gasteiger partial charge is 0.349 e. The van der Waals surface area contributed by atoms with Crippen LogP contribution in [0.5, 0.6) is 0 Å². The van der Waals surface area contributed by atoms with E-state index in [-0.39, 0.29) is 24.4 Å². The molecule has 0 aliphatic carbocycles. The molecule has 2 heterocycles. The number of hydrogen-bond donors (Lipinski definition) is 2. The Morgan fingerprint density at radius 2 is 2.00 bits per heavy atom. The van der Waals surface area contributed by atoms with Crippen LogP contribution in [0.15, 0.2) is 40.9 Å². The molecule has 1 aliphatic rings. The molecular weight excluding hydrogens is 396 g/mol. The van der Waals surface area contributed by atoms with Gasteiger partial charge >= 0.3 is 0 Å². The molecule has 3 rings (SSSR count). The highest BCUT2D eigenvalue weighted by Gasteiger charge is 2.21. The standard InChI is InChI=1S/C17H19BrN2OS.ClH/c1-11-10-14(8-9-19-11)20-17(21)16-7-6-15(22-16)12-2-4-13(18)5-3-12;/h2-7,11,14,19H,8-10H2,1H3,(H,20,21);1H. The molecule has 0 radical (unpaired) electrons. The summed E-state index contributed by atoms with van der Waals surface area (Å²) in [6, 6.07) is 12.9. The molecular formula is C17H20BrClN2OS. The Morgan fingerprint density at radius 1 is 1.26 bits per heavy atom. The van der Waals surface area contributed by atoms with Gasteiger partial charge in [0, 0.05) is 21.4 Å². The second-order valence-corrected chi connectivity index (χ2v) is 7.72. The minimum Gasteiger partial charge on any atom is -0.349 e. The van der Waals surface area contributed by atoms with Crippen molar-refractivity contribution in [1.82, 2.24) is 10.6 Å². The van der Waals surface area contributed by atoms with Crippen molar-refractivity contribution in [3.05, 3.63) is 45.7 Å². The molecule has 1 aromatic carbocycles. The summed E-state index contributed by atoms with van der Waals surface area (Å²) < 4.78 is 1.06. The number of halogens is 2. The molecule has 2 unspecified atom stereocenters. The van der Waals surface area contributed by atoms with E-state index in [0.29, 0.717) is 6.04 Å². The molecule has 0 spiro atoms. The summed E-state index contributed by atoms with van der Waals surface area (Å²) >= 11 is 4.99. The third-order valence-corrected chi connectivity index (χ3v) is 5.58. The summed E-state index contributed by atoms with van der Waals surface area (Å²) in [5.74, 6) is 0.0486. The van der Waals surface area contributed by atoms with Gasteiger partial charge < -0.3 is 10.6 Å². The minimum atomic E-state index is 0. The summed E-state index contributed by atoms with van der Waals surface area (Å²) in [6.07, 6.45) is 2.00. The van der Waals surface area contributed by atoms with Crippen LogP contribution in [0.3, 0.4) is 0 Å². The van der Waals surface area contributed by atoms with Crippen molar-refractivity contribution in [3.63, 3.8) is 0 Å². The molecule has 3 nitrogen and oxygen atoms in total. The highest BCUT2D eigenvalue weighted by Crippen LogP contribution is 2.29. The fraction of sp³-hybridized carbons (Fsp3) is 0.353. The minimum absolute atomic E-state index is 0. The van der Waals surface area contributed by atoms with E-state index in [1.165, 1.54) is 0 Å². The van der Waals surface area contributed by atoms with Crippen molar-refractivity contribution in [1.29, 1.82) is 0 Å². The molecule has 124 valence electrons. The SMILES string of the molecule is CC1CC(NC(=O)c2ccc(-c3ccc(Br)cc3)s2)CCN1.Cl. The van der Waals surface area contributed by atoms with Crippen LogP contribution in [0.25, 0.3) is 10.4 Å². The monoisotopic (exact) mass is 414 g/mol. The quantitative estimate of drug-likeness (QED) is 0.776. The Hall–Kier alpha value is -0.880. The van der Waals surface area contributed by atoms with Crippen LogP contribution in [-0.4, -0.2) is 24.5 Å². The summed E-state index contributed by atoms with van der Waals surface area (Å²) in [5, 5.41) is 6.57. The van der Waals surface area contributed by atoms with Gasteiger partial charge in [0.05, 0.1) is 4.88 Å². The van der Waals surface area contributed by atoms with Gasteiger partial charge in [0.25, 0.3) is 5.91 Å². The molecule has 2 atom stereocenters. The Morgan fingerprint density at radius 3 is 2.70 bits per heavy atom. The van der Waals surface area contributed by atoms with E-state index >= 15 is 0 Å². The maximum absolute atomic E-state index is 12.4. The number of carbonyl (C=O) groups is 1. The average Bonchev–Trinajstić information content (AvgIpc) is 2.98. The number of hydrogen-bond acceptors (Lipinski definition) is 3. The van der Waals surface area contributed by atoms with E-state index in [2.05, 4.69) is 45.6 Å². The summed E-state index contributed by atoms with van der Waals surface area (Å²) in [5.41, 5.74) is 1.14. The smallest absolute Gasteiger partial charge is 0.261 e. The third kappa shape index (κ3) is 4.80. The Labute approximate surface area is 155 Å². The van der Waals surface area contributed by atoms with E-state index in [1.54, 1.807) is 11.3 Å². The Kier molecular flexibility index (Phi) is 6.65. The normalized spacial score (nSPS) is 20.6. The first-order valence-electron chi connectivity index (χ1n) is 7.52. The molecule has 2 N–H and O–H groups in total. The van der Waals surface area contributed by atoms with Crippen LogP contribution in [-0.2, 0) is 0 Å². The van der Waals surface area contributed by atoms with Crippen LogP contribution in [0, 0.1) is 0 Å². The Bertz CT molecular complexity index is 659. The number of carbonyl (C=O) groups excluding carboxylic acids is 1. The lowest BCUT2D eigenvalue weighted by molar-refractivity contribution is 0.0930. The van der Waals surface area contributed by atoms with Crippen LogP contribution in [0.4, 0.5) is 0 Å². The van der Waals surface area contributed by atoms with Crippen molar-refractivity contribution in [3.8, 4) is 10.4 Å². The molecule has 6 heteroatoms. The molecule has 1 amide bonds. The van der Waals surface area contributed by atoms with Crippen LogP contribution in [0.2, 0.25) is 0 Å². The molecule has 0 bridgehead atoms. The van der Waals surface area contributed by atoms with Gasteiger partial charge in [0.1, 0.15) is 0 Å². The lowest BCUT2D eigenvalue weighted by Crippen LogP contribution is -2.46. The van der Waals surface area contributed by atoms with Crippen molar-refractivity contribution < 1.29 is 4.79 Å². The maximum atomic E-state index is 12.4. The van der Waals surface area contributed by atoms with Crippen LogP contribution in [0.1, 0.15) is 29.4 Å². The van der Waals surface area contributed by atoms with Crippen molar-refractivity contribution in [2.24, 2.45) is 0 Å². The van der Waals surface area contributed by atoms with Gasteiger partial charge in [0.15, 0.2) is 0 Å². The van der Waals surface area contributed by atoms with E-state index in [9.17, 15) is 4.79 Å². The second-order valence-electron chi connectivity index (χ2n) is 5.72. The van der Waals surface area contributed by atoms with Crippen molar-refractivity contribution in [2.75, 3.05) is 6.54 Å². The van der Waals surface area contributed by atoms with Gasteiger partial charge in [-0.25, -0.2) is 0 Å². The highest BCUT2D eigenvalue weighted by molar-refractivity contribution is 9.10. The molecule has 1 saturated heterocycles. The fourth-order valence-corrected chi connectivity index (χ4v) is 3.93. The zero-order valence-electron chi connectivity index (χ0n) is 12.8. The van der Waals surface area contributed by atoms with E-state index in [4.69, 9.17) is 0 Å². The van der Waals surface area contributed by atoms with Gasteiger partial charge in [-0.3, -0.25) is 4.79 Å². The van der Waals surface area contributed by atoms with Crippen molar-refractivity contribution >= 4 is 45.6 Å². The number of rotatable bonds is 3. The lowest BCUT2D eigenvalue weighted by Gasteiger charge is -2.28. The molecule has 1 aliphatic heterocycles. The van der Waals surface area contributed by atoms with Gasteiger partial charge in [-0.1, -0.05) is 28.1 Å². The van der Waals surface area contributed by atoms with Gasteiger partial charge in [-0.2, -0.15) is 0 Å². The first-order valence-corrected chi connectivity index (χ1v) is 9.13.